The van der Waals surface area contributed by atoms with Gasteiger partial charge in [0, 0.05) is 30.4 Å². The van der Waals surface area contributed by atoms with E-state index in [4.69, 9.17) is 0 Å². The lowest BCUT2D eigenvalue weighted by atomic mass is 10.1. The smallest absolute Gasteiger partial charge is 0.404 e. The third-order valence-electron chi connectivity index (χ3n) is 2.81. The van der Waals surface area contributed by atoms with Crippen molar-refractivity contribution < 1.29 is 22.7 Å². The number of hydrogen-bond acceptors (Lipinski definition) is 3. The molecule has 0 N–H and O–H groups in total. The van der Waals surface area contributed by atoms with Gasteiger partial charge in [0.25, 0.3) is 0 Å². The number of nitrogens with zero attached hydrogens (tertiary/aromatic N) is 1. The maximum absolute atomic E-state index is 12.4. The van der Waals surface area contributed by atoms with Gasteiger partial charge in [-0.3, -0.25) is 4.79 Å². The minimum absolute atomic E-state index is 0.131. The molecule has 0 bridgehead atoms. The Labute approximate surface area is 116 Å². The van der Waals surface area contributed by atoms with E-state index in [9.17, 15) is 18.0 Å². The highest BCUT2D eigenvalue weighted by molar-refractivity contribution is 9.10. The summed E-state index contributed by atoms with van der Waals surface area (Å²) in [5.74, 6) is -0.122. The minimum atomic E-state index is -4.73. The molecule has 0 spiro atoms. The summed E-state index contributed by atoms with van der Waals surface area (Å²) in [6.07, 6.45) is -4.04. The number of carbonyl (C=O) groups excluding carboxylic acids is 1. The Hall–Kier alpha value is -1.24. The van der Waals surface area contributed by atoms with Crippen LogP contribution in [0.4, 0.5) is 18.9 Å². The third kappa shape index (κ3) is 3.86. The SMILES string of the molecule is O=C1CCN(c2ccc(Br)cc2OC(F)(F)F)CC1. The number of carbonyl (C=O) groups is 1. The van der Waals surface area contributed by atoms with Crippen LogP contribution >= 0.6 is 15.9 Å². The molecule has 1 heterocycles. The van der Waals surface area contributed by atoms with Crippen molar-refractivity contribution in [3.63, 3.8) is 0 Å². The number of halogens is 4. The Morgan fingerprint density at radius 2 is 1.84 bits per heavy atom. The molecule has 0 amide bonds. The highest BCUT2D eigenvalue weighted by atomic mass is 79.9. The zero-order chi connectivity index (χ0) is 14.0. The van der Waals surface area contributed by atoms with Crippen molar-refractivity contribution in [1.82, 2.24) is 0 Å². The maximum Gasteiger partial charge on any atom is 0.573 e. The number of alkyl halides is 3. The van der Waals surface area contributed by atoms with E-state index < -0.39 is 6.36 Å². The number of ether oxygens (including phenoxy) is 1. The van der Waals surface area contributed by atoms with Crippen LogP contribution in [-0.2, 0) is 4.79 Å². The van der Waals surface area contributed by atoms with Crippen LogP contribution in [0.15, 0.2) is 22.7 Å². The number of hydrogen-bond donors (Lipinski definition) is 0. The van der Waals surface area contributed by atoms with E-state index in [1.807, 2.05) is 0 Å². The fourth-order valence-electron chi connectivity index (χ4n) is 1.95. The number of Topliss-reactive ketones (excluding diaryl/α,β-unsaturated/α-hetero) is 1. The molecule has 0 aliphatic carbocycles. The first-order valence-electron chi connectivity index (χ1n) is 5.67. The second-order valence-corrected chi connectivity index (χ2v) is 5.10. The summed E-state index contributed by atoms with van der Waals surface area (Å²) in [5.41, 5.74) is 0.355. The number of rotatable bonds is 2. The van der Waals surface area contributed by atoms with Crippen LogP contribution < -0.4 is 9.64 Å². The molecule has 1 aromatic rings. The Kier molecular flexibility index (Phi) is 4.03. The van der Waals surface area contributed by atoms with Gasteiger partial charge in [-0.05, 0) is 18.2 Å². The van der Waals surface area contributed by atoms with Gasteiger partial charge in [0.1, 0.15) is 5.78 Å². The Balaban J connectivity index is 2.26. The summed E-state index contributed by atoms with van der Waals surface area (Å²) >= 11 is 3.12. The summed E-state index contributed by atoms with van der Waals surface area (Å²) in [6.45, 7) is 0.823. The lowest BCUT2D eigenvalue weighted by Crippen LogP contribution is -2.34. The highest BCUT2D eigenvalue weighted by Gasteiger charge is 2.33. The van der Waals surface area contributed by atoms with E-state index in [0.717, 1.165) is 0 Å². The number of anilines is 1. The van der Waals surface area contributed by atoms with Crippen LogP contribution in [-0.4, -0.2) is 25.2 Å². The van der Waals surface area contributed by atoms with E-state index in [1.165, 1.54) is 6.07 Å². The van der Waals surface area contributed by atoms with Gasteiger partial charge in [0.2, 0.25) is 0 Å². The molecular formula is C12H11BrF3NO2. The Morgan fingerprint density at radius 3 is 2.42 bits per heavy atom. The average molecular weight is 338 g/mol. The van der Waals surface area contributed by atoms with Crippen LogP contribution in [0.25, 0.3) is 0 Å². The number of ketones is 1. The van der Waals surface area contributed by atoms with Gasteiger partial charge in [-0.15, -0.1) is 13.2 Å². The molecule has 1 aromatic carbocycles. The van der Waals surface area contributed by atoms with Crippen molar-refractivity contribution in [1.29, 1.82) is 0 Å². The van der Waals surface area contributed by atoms with Gasteiger partial charge in [-0.1, -0.05) is 15.9 Å². The zero-order valence-corrected chi connectivity index (χ0v) is 11.4. The molecule has 19 heavy (non-hydrogen) atoms. The fraction of sp³-hybridized carbons (Fsp3) is 0.417. The van der Waals surface area contributed by atoms with E-state index in [2.05, 4.69) is 20.7 Å². The zero-order valence-electron chi connectivity index (χ0n) is 9.84. The third-order valence-corrected chi connectivity index (χ3v) is 3.30. The van der Waals surface area contributed by atoms with Crippen LogP contribution in [0.3, 0.4) is 0 Å². The molecule has 0 atom stereocenters. The monoisotopic (exact) mass is 337 g/mol. The van der Waals surface area contributed by atoms with E-state index in [-0.39, 0.29) is 11.5 Å². The van der Waals surface area contributed by atoms with Gasteiger partial charge < -0.3 is 9.64 Å². The molecule has 0 aromatic heterocycles. The molecule has 0 radical (unpaired) electrons. The van der Waals surface area contributed by atoms with Gasteiger partial charge in [-0.2, -0.15) is 0 Å². The fourth-order valence-corrected chi connectivity index (χ4v) is 2.29. The second kappa shape index (κ2) is 5.40. The van der Waals surface area contributed by atoms with Crippen LogP contribution in [0.5, 0.6) is 5.75 Å². The first-order valence-corrected chi connectivity index (χ1v) is 6.46. The van der Waals surface area contributed by atoms with Crippen LogP contribution in [0.2, 0.25) is 0 Å². The minimum Gasteiger partial charge on any atom is -0.404 e. The van der Waals surface area contributed by atoms with E-state index in [1.54, 1.807) is 17.0 Å². The van der Waals surface area contributed by atoms with E-state index in [0.29, 0.717) is 36.1 Å². The molecular weight excluding hydrogens is 327 g/mol. The summed E-state index contributed by atoms with van der Waals surface area (Å²) in [7, 11) is 0. The molecule has 2 rings (SSSR count). The van der Waals surface area contributed by atoms with Crippen molar-refractivity contribution >= 4 is 27.4 Å². The predicted octanol–water partition coefficient (Wildman–Crippen LogP) is 3.52. The predicted molar refractivity (Wildman–Crippen MR) is 67.3 cm³/mol. The Bertz CT molecular complexity index is 480. The molecule has 104 valence electrons. The van der Waals surface area contributed by atoms with Gasteiger partial charge in [0.15, 0.2) is 5.75 Å². The molecule has 1 aliphatic rings. The molecule has 1 aliphatic heterocycles. The Morgan fingerprint density at radius 1 is 1.21 bits per heavy atom. The van der Waals surface area contributed by atoms with Gasteiger partial charge in [0.05, 0.1) is 5.69 Å². The summed E-state index contributed by atoms with van der Waals surface area (Å²) in [4.78, 5) is 12.9. The van der Waals surface area contributed by atoms with Crippen LogP contribution in [0, 0.1) is 0 Å². The summed E-state index contributed by atoms with van der Waals surface area (Å²) in [5, 5.41) is 0. The normalized spacial score (nSPS) is 16.6. The van der Waals surface area contributed by atoms with Crippen molar-refractivity contribution in [3.8, 4) is 5.75 Å². The topological polar surface area (TPSA) is 29.5 Å². The molecule has 1 saturated heterocycles. The van der Waals surface area contributed by atoms with Gasteiger partial charge in [-0.25, -0.2) is 0 Å². The molecule has 0 saturated carbocycles. The largest absolute Gasteiger partial charge is 0.573 e. The standard InChI is InChI=1S/C12H11BrF3NO2/c13-8-1-2-10(11(7-8)19-12(14,15)16)17-5-3-9(18)4-6-17/h1-2,7H,3-6H2. The molecule has 0 unspecified atom stereocenters. The quantitative estimate of drug-likeness (QED) is 0.826. The summed E-state index contributed by atoms with van der Waals surface area (Å²) in [6, 6.07) is 4.48. The lowest BCUT2D eigenvalue weighted by molar-refractivity contribution is -0.274. The maximum atomic E-state index is 12.4. The lowest BCUT2D eigenvalue weighted by Gasteiger charge is -2.29. The van der Waals surface area contributed by atoms with Gasteiger partial charge >= 0.3 is 6.36 Å². The molecule has 1 fully saturated rings. The highest BCUT2D eigenvalue weighted by Crippen LogP contribution is 2.36. The van der Waals surface area contributed by atoms with Crippen LogP contribution in [0.1, 0.15) is 12.8 Å². The van der Waals surface area contributed by atoms with Crippen molar-refractivity contribution in [2.45, 2.75) is 19.2 Å². The van der Waals surface area contributed by atoms with Crippen molar-refractivity contribution in [2.75, 3.05) is 18.0 Å². The summed E-state index contributed by atoms with van der Waals surface area (Å²) < 4.78 is 41.7. The molecule has 3 nitrogen and oxygen atoms in total. The first kappa shape index (κ1) is 14.2. The van der Waals surface area contributed by atoms with Crippen molar-refractivity contribution in [3.05, 3.63) is 22.7 Å². The molecule has 7 heteroatoms. The van der Waals surface area contributed by atoms with E-state index >= 15 is 0 Å². The second-order valence-electron chi connectivity index (χ2n) is 4.19. The average Bonchev–Trinajstić information content (AvgIpc) is 2.29. The first-order chi connectivity index (χ1) is 8.85. The number of benzene rings is 1. The van der Waals surface area contributed by atoms with Crippen molar-refractivity contribution in [2.24, 2.45) is 0 Å². The number of piperidine rings is 1.